The molecular formula is C15H18N2O3S. The fraction of sp³-hybridized carbons (Fsp3) is 0.333. The first-order chi connectivity index (χ1) is 10.2. The average molecular weight is 306 g/mol. The van der Waals surface area contributed by atoms with Gasteiger partial charge in [-0.05, 0) is 31.2 Å². The van der Waals surface area contributed by atoms with E-state index >= 15 is 0 Å². The first-order valence-corrected chi connectivity index (χ1v) is 7.67. The van der Waals surface area contributed by atoms with E-state index in [4.69, 9.17) is 9.84 Å². The maximum Gasteiger partial charge on any atom is 0.317 e. The van der Waals surface area contributed by atoms with Crippen LogP contribution in [0.2, 0.25) is 0 Å². The second kappa shape index (κ2) is 7.75. The van der Waals surface area contributed by atoms with Crippen LogP contribution in [0.25, 0.3) is 11.3 Å². The van der Waals surface area contributed by atoms with E-state index < -0.39 is 5.97 Å². The Hall–Kier alpha value is -1.92. The lowest BCUT2D eigenvalue weighted by molar-refractivity contribution is -0.135. The van der Waals surface area contributed by atoms with Crippen LogP contribution in [-0.4, -0.2) is 35.8 Å². The molecule has 1 aromatic heterocycles. The summed E-state index contributed by atoms with van der Waals surface area (Å²) in [5.41, 5.74) is 2.00. The van der Waals surface area contributed by atoms with Gasteiger partial charge in [0.25, 0.3) is 0 Å². The lowest BCUT2D eigenvalue weighted by Crippen LogP contribution is -2.24. The van der Waals surface area contributed by atoms with Crippen LogP contribution in [0.3, 0.4) is 0 Å². The van der Waals surface area contributed by atoms with E-state index in [9.17, 15) is 4.79 Å². The number of carboxylic acid groups (broad SMARTS) is 1. The van der Waals surface area contributed by atoms with Gasteiger partial charge in [-0.2, -0.15) is 0 Å². The third-order valence-corrected chi connectivity index (χ3v) is 3.71. The molecule has 5 nitrogen and oxygen atoms in total. The number of ether oxygens (including phenoxy) is 1. The summed E-state index contributed by atoms with van der Waals surface area (Å²) < 4.78 is 5.41. The SMILES string of the molecule is CCOc1ccc(-c2csc(CCNCC(=O)O)n2)cc1. The number of hydrogen-bond acceptors (Lipinski definition) is 5. The summed E-state index contributed by atoms with van der Waals surface area (Å²) in [5, 5.41) is 14.4. The molecule has 0 aliphatic carbocycles. The molecule has 2 aromatic rings. The summed E-state index contributed by atoms with van der Waals surface area (Å²) in [4.78, 5) is 15.0. The Labute approximate surface area is 127 Å². The molecule has 112 valence electrons. The normalized spacial score (nSPS) is 10.5. The highest BCUT2D eigenvalue weighted by atomic mass is 32.1. The van der Waals surface area contributed by atoms with Gasteiger partial charge in [0.1, 0.15) is 5.75 Å². The highest BCUT2D eigenvalue weighted by molar-refractivity contribution is 7.09. The van der Waals surface area contributed by atoms with Crippen LogP contribution < -0.4 is 10.1 Å². The highest BCUT2D eigenvalue weighted by Gasteiger charge is 2.05. The van der Waals surface area contributed by atoms with Gasteiger partial charge < -0.3 is 15.2 Å². The first kappa shape index (κ1) is 15.5. The Morgan fingerprint density at radius 3 is 2.81 bits per heavy atom. The molecule has 21 heavy (non-hydrogen) atoms. The minimum absolute atomic E-state index is 0.0167. The third-order valence-electron chi connectivity index (χ3n) is 2.80. The molecule has 0 spiro atoms. The predicted molar refractivity (Wildman–Crippen MR) is 82.9 cm³/mol. The van der Waals surface area contributed by atoms with Crippen LogP contribution in [0.4, 0.5) is 0 Å². The van der Waals surface area contributed by atoms with E-state index in [1.807, 2.05) is 36.6 Å². The zero-order valence-electron chi connectivity index (χ0n) is 11.8. The molecule has 0 radical (unpaired) electrons. The predicted octanol–water partition coefficient (Wildman–Crippen LogP) is 2.43. The molecule has 0 aliphatic rings. The zero-order chi connectivity index (χ0) is 15.1. The van der Waals surface area contributed by atoms with Crippen molar-refractivity contribution in [3.05, 3.63) is 34.7 Å². The summed E-state index contributed by atoms with van der Waals surface area (Å²) in [6.45, 7) is 3.21. The summed E-state index contributed by atoms with van der Waals surface area (Å²) in [6, 6.07) is 7.86. The van der Waals surface area contributed by atoms with Crippen molar-refractivity contribution in [2.45, 2.75) is 13.3 Å². The fourth-order valence-electron chi connectivity index (χ4n) is 1.84. The second-order valence-electron chi connectivity index (χ2n) is 4.40. The van der Waals surface area contributed by atoms with Crippen LogP contribution in [-0.2, 0) is 11.2 Å². The molecule has 0 amide bonds. The van der Waals surface area contributed by atoms with Crippen molar-refractivity contribution >= 4 is 17.3 Å². The number of rotatable bonds is 8. The van der Waals surface area contributed by atoms with Crippen LogP contribution >= 0.6 is 11.3 Å². The van der Waals surface area contributed by atoms with Gasteiger partial charge in [-0.25, -0.2) is 4.98 Å². The lowest BCUT2D eigenvalue weighted by atomic mass is 10.2. The van der Waals surface area contributed by atoms with E-state index in [1.54, 1.807) is 11.3 Å². The first-order valence-electron chi connectivity index (χ1n) is 6.79. The molecule has 1 aromatic carbocycles. The van der Waals surface area contributed by atoms with E-state index in [2.05, 4.69) is 10.3 Å². The number of benzene rings is 1. The molecule has 6 heteroatoms. The minimum Gasteiger partial charge on any atom is -0.494 e. The molecule has 0 bridgehead atoms. The zero-order valence-corrected chi connectivity index (χ0v) is 12.7. The van der Waals surface area contributed by atoms with Gasteiger partial charge in [-0.1, -0.05) is 0 Å². The summed E-state index contributed by atoms with van der Waals surface area (Å²) >= 11 is 1.59. The van der Waals surface area contributed by atoms with Crippen molar-refractivity contribution in [2.75, 3.05) is 19.7 Å². The number of aromatic nitrogens is 1. The smallest absolute Gasteiger partial charge is 0.317 e. The van der Waals surface area contributed by atoms with Gasteiger partial charge in [0.15, 0.2) is 0 Å². The van der Waals surface area contributed by atoms with Crippen molar-refractivity contribution in [2.24, 2.45) is 0 Å². The maximum atomic E-state index is 10.4. The molecule has 2 rings (SSSR count). The average Bonchev–Trinajstić information content (AvgIpc) is 2.93. The summed E-state index contributed by atoms with van der Waals surface area (Å²) in [7, 11) is 0. The number of hydrogen-bond donors (Lipinski definition) is 2. The molecule has 0 fully saturated rings. The van der Waals surface area contributed by atoms with Crippen molar-refractivity contribution in [3.63, 3.8) is 0 Å². The largest absolute Gasteiger partial charge is 0.494 e. The minimum atomic E-state index is -0.843. The molecule has 0 saturated carbocycles. The van der Waals surface area contributed by atoms with Gasteiger partial charge in [0, 0.05) is 23.9 Å². The topological polar surface area (TPSA) is 71.5 Å². The van der Waals surface area contributed by atoms with Crippen molar-refractivity contribution in [1.29, 1.82) is 0 Å². The molecule has 1 heterocycles. The molecule has 0 atom stereocenters. The Bertz CT molecular complexity index is 581. The van der Waals surface area contributed by atoms with Gasteiger partial charge in [-0.15, -0.1) is 11.3 Å². The number of aliphatic carboxylic acids is 1. The Morgan fingerprint density at radius 1 is 1.38 bits per heavy atom. The van der Waals surface area contributed by atoms with Gasteiger partial charge in [-0.3, -0.25) is 4.79 Å². The van der Waals surface area contributed by atoms with Crippen molar-refractivity contribution in [1.82, 2.24) is 10.3 Å². The van der Waals surface area contributed by atoms with Crippen LogP contribution in [0.5, 0.6) is 5.75 Å². The Kier molecular flexibility index (Phi) is 5.71. The molecule has 2 N–H and O–H groups in total. The highest BCUT2D eigenvalue weighted by Crippen LogP contribution is 2.24. The standard InChI is InChI=1S/C15H18N2O3S/c1-2-20-12-5-3-11(4-6-12)13-10-21-14(17-13)7-8-16-9-15(18)19/h3-6,10,16H,2,7-9H2,1H3,(H,18,19). The fourth-order valence-corrected chi connectivity index (χ4v) is 2.64. The van der Waals surface area contributed by atoms with Gasteiger partial charge >= 0.3 is 5.97 Å². The van der Waals surface area contributed by atoms with E-state index in [0.717, 1.165) is 28.4 Å². The molecular weight excluding hydrogens is 288 g/mol. The quantitative estimate of drug-likeness (QED) is 0.733. The van der Waals surface area contributed by atoms with Gasteiger partial charge in [0.2, 0.25) is 0 Å². The summed E-state index contributed by atoms with van der Waals surface area (Å²) in [5.74, 6) is 0.0128. The third kappa shape index (κ3) is 4.84. The van der Waals surface area contributed by atoms with E-state index in [-0.39, 0.29) is 6.54 Å². The number of carboxylic acids is 1. The van der Waals surface area contributed by atoms with Crippen LogP contribution in [0, 0.1) is 0 Å². The van der Waals surface area contributed by atoms with Crippen LogP contribution in [0.1, 0.15) is 11.9 Å². The van der Waals surface area contributed by atoms with Crippen molar-refractivity contribution in [3.8, 4) is 17.0 Å². The van der Waals surface area contributed by atoms with E-state index in [1.165, 1.54) is 0 Å². The number of nitrogens with one attached hydrogen (secondary N) is 1. The number of thiazole rings is 1. The van der Waals surface area contributed by atoms with Crippen molar-refractivity contribution < 1.29 is 14.6 Å². The lowest BCUT2D eigenvalue weighted by Gasteiger charge is -2.03. The monoisotopic (exact) mass is 306 g/mol. The second-order valence-corrected chi connectivity index (χ2v) is 5.35. The number of carbonyl (C=O) groups is 1. The van der Waals surface area contributed by atoms with Gasteiger partial charge in [0.05, 0.1) is 23.9 Å². The van der Waals surface area contributed by atoms with Crippen LogP contribution in [0.15, 0.2) is 29.6 Å². The van der Waals surface area contributed by atoms with E-state index in [0.29, 0.717) is 13.2 Å². The summed E-state index contributed by atoms with van der Waals surface area (Å²) in [6.07, 6.45) is 0.731. The molecule has 0 unspecified atom stereocenters. The Balaban J connectivity index is 1.91. The molecule has 0 aliphatic heterocycles. The maximum absolute atomic E-state index is 10.4. The Morgan fingerprint density at radius 2 is 2.14 bits per heavy atom. The number of nitrogens with zero attached hydrogens (tertiary/aromatic N) is 1. The molecule has 0 saturated heterocycles.